The Morgan fingerprint density at radius 3 is 2.38 bits per heavy atom. The van der Waals surface area contributed by atoms with Gasteiger partial charge in [-0.1, -0.05) is 17.2 Å². The summed E-state index contributed by atoms with van der Waals surface area (Å²) in [5.74, 6) is -2.88. The van der Waals surface area contributed by atoms with Crippen LogP contribution in [0.15, 0.2) is 40.9 Å². The van der Waals surface area contributed by atoms with Gasteiger partial charge in [0.25, 0.3) is 5.89 Å². The molecule has 9 heteroatoms. The fraction of sp³-hybridized carbons (Fsp3) is 0.176. The molecule has 0 aliphatic heterocycles. The molecule has 0 bridgehead atoms. The van der Waals surface area contributed by atoms with Crippen molar-refractivity contribution in [2.45, 2.75) is 20.0 Å². The fourth-order valence-corrected chi connectivity index (χ4v) is 2.33. The van der Waals surface area contributed by atoms with Gasteiger partial charge in [-0.15, -0.1) is 10.2 Å². The number of aromatic nitrogens is 3. The minimum atomic E-state index is -5.14. The van der Waals surface area contributed by atoms with Crippen LogP contribution in [0.25, 0.3) is 22.9 Å². The summed E-state index contributed by atoms with van der Waals surface area (Å²) in [6.07, 6.45) is -3.96. The molecule has 134 valence electrons. The van der Waals surface area contributed by atoms with E-state index in [1.165, 1.54) is 18.3 Å². The zero-order valence-electron chi connectivity index (χ0n) is 13.7. The first-order valence-corrected chi connectivity index (χ1v) is 7.40. The van der Waals surface area contributed by atoms with E-state index >= 15 is 0 Å². The summed E-state index contributed by atoms with van der Waals surface area (Å²) >= 11 is 0. The van der Waals surface area contributed by atoms with Crippen LogP contribution < -0.4 is 4.74 Å². The molecule has 3 rings (SSSR count). The predicted molar refractivity (Wildman–Crippen MR) is 84.1 cm³/mol. The fourth-order valence-electron chi connectivity index (χ4n) is 2.33. The van der Waals surface area contributed by atoms with Crippen molar-refractivity contribution in [2.24, 2.45) is 0 Å². The molecule has 3 aromatic rings. The number of ether oxygens (including phenoxy) is 1. The molecule has 2 aromatic heterocycles. The van der Waals surface area contributed by atoms with Crippen LogP contribution in [0.3, 0.4) is 0 Å². The van der Waals surface area contributed by atoms with Crippen LogP contribution in [0.2, 0.25) is 0 Å². The average Bonchev–Trinajstić information content (AvgIpc) is 3.03. The van der Waals surface area contributed by atoms with Gasteiger partial charge in [-0.25, -0.2) is 9.78 Å². The molecule has 6 nitrogen and oxygen atoms in total. The standard InChI is InChI=1S/C17H12F3N3O3/c1-9-6-10(2)8-11(7-9)13-22-23-15(25-13)12-4-3-5-21-14(12)26-16(24)17(18,19)20/h3-8H,1-2H3. The highest BCUT2D eigenvalue weighted by Crippen LogP contribution is 2.31. The van der Waals surface area contributed by atoms with Crippen molar-refractivity contribution in [1.29, 1.82) is 0 Å². The number of halogens is 3. The Hall–Kier alpha value is -3.23. The van der Waals surface area contributed by atoms with Crippen LogP contribution in [0.1, 0.15) is 11.1 Å². The van der Waals surface area contributed by atoms with Crippen molar-refractivity contribution in [3.8, 4) is 28.8 Å². The lowest BCUT2D eigenvalue weighted by Gasteiger charge is -2.07. The number of alkyl halides is 3. The lowest BCUT2D eigenvalue weighted by atomic mass is 10.1. The van der Waals surface area contributed by atoms with Crippen LogP contribution >= 0.6 is 0 Å². The van der Waals surface area contributed by atoms with E-state index < -0.39 is 18.0 Å². The third-order valence-corrected chi connectivity index (χ3v) is 3.32. The number of carbonyl (C=O) groups excluding carboxylic acids is 1. The second kappa shape index (κ2) is 6.58. The van der Waals surface area contributed by atoms with Gasteiger partial charge < -0.3 is 9.15 Å². The molecule has 0 amide bonds. The van der Waals surface area contributed by atoms with Gasteiger partial charge in [0.05, 0.1) is 0 Å². The molecule has 0 aliphatic carbocycles. The molecule has 0 unspecified atom stereocenters. The summed E-state index contributed by atoms with van der Waals surface area (Å²) in [6.45, 7) is 3.81. The highest BCUT2D eigenvalue weighted by atomic mass is 19.4. The SMILES string of the molecule is Cc1cc(C)cc(-c2nnc(-c3cccnc3OC(=O)C(F)(F)F)o2)c1. The molecule has 0 aliphatic rings. The van der Waals surface area contributed by atoms with Gasteiger partial charge in [-0.3, -0.25) is 0 Å². The van der Waals surface area contributed by atoms with Crippen molar-refractivity contribution < 1.29 is 27.1 Å². The molecule has 0 saturated carbocycles. The third-order valence-electron chi connectivity index (χ3n) is 3.32. The van der Waals surface area contributed by atoms with Crippen molar-refractivity contribution in [3.05, 3.63) is 47.7 Å². The minimum absolute atomic E-state index is 0.0202. The van der Waals surface area contributed by atoms with E-state index in [0.717, 1.165) is 11.1 Å². The quantitative estimate of drug-likeness (QED) is 0.657. The number of carbonyl (C=O) groups is 1. The van der Waals surface area contributed by atoms with E-state index in [-0.39, 0.29) is 17.3 Å². The van der Waals surface area contributed by atoms with Crippen molar-refractivity contribution in [1.82, 2.24) is 15.2 Å². The second-order valence-electron chi connectivity index (χ2n) is 5.53. The lowest BCUT2D eigenvalue weighted by molar-refractivity contribution is -0.189. The zero-order valence-corrected chi connectivity index (χ0v) is 13.7. The molecule has 2 heterocycles. The molecule has 0 saturated heterocycles. The highest BCUT2D eigenvalue weighted by molar-refractivity contribution is 5.79. The summed E-state index contributed by atoms with van der Waals surface area (Å²) in [6, 6.07) is 8.44. The maximum Gasteiger partial charge on any atom is 0.491 e. The normalized spacial score (nSPS) is 11.4. The second-order valence-corrected chi connectivity index (χ2v) is 5.53. The Kier molecular flexibility index (Phi) is 4.45. The first kappa shape index (κ1) is 17.6. The van der Waals surface area contributed by atoms with Crippen LogP contribution in [-0.4, -0.2) is 27.3 Å². The van der Waals surface area contributed by atoms with Crippen LogP contribution in [0.4, 0.5) is 13.2 Å². The molecule has 0 N–H and O–H groups in total. The Balaban J connectivity index is 1.96. The van der Waals surface area contributed by atoms with Gasteiger partial charge in [0.1, 0.15) is 5.56 Å². The number of hydrogen-bond donors (Lipinski definition) is 0. The van der Waals surface area contributed by atoms with Crippen LogP contribution in [0, 0.1) is 13.8 Å². The summed E-state index contributed by atoms with van der Waals surface area (Å²) in [5.41, 5.74) is 2.62. The van der Waals surface area contributed by atoms with Crippen molar-refractivity contribution in [3.63, 3.8) is 0 Å². The van der Waals surface area contributed by atoms with Crippen LogP contribution in [0.5, 0.6) is 5.88 Å². The summed E-state index contributed by atoms with van der Waals surface area (Å²) in [7, 11) is 0. The minimum Gasteiger partial charge on any atom is -0.416 e. The number of hydrogen-bond acceptors (Lipinski definition) is 6. The monoisotopic (exact) mass is 363 g/mol. The number of benzene rings is 1. The number of nitrogens with zero attached hydrogens (tertiary/aromatic N) is 3. The molecule has 0 fully saturated rings. The van der Waals surface area contributed by atoms with Gasteiger partial charge in [0, 0.05) is 11.8 Å². The van der Waals surface area contributed by atoms with Crippen LogP contribution in [-0.2, 0) is 4.79 Å². The summed E-state index contributed by atoms with van der Waals surface area (Å²) in [4.78, 5) is 14.7. The van der Waals surface area contributed by atoms with Gasteiger partial charge in [0.15, 0.2) is 0 Å². The first-order chi connectivity index (χ1) is 12.2. The van der Waals surface area contributed by atoms with Crippen molar-refractivity contribution >= 4 is 5.97 Å². The van der Waals surface area contributed by atoms with Crippen molar-refractivity contribution in [2.75, 3.05) is 0 Å². The predicted octanol–water partition coefficient (Wildman–Crippen LogP) is 3.88. The number of pyridine rings is 1. The van der Waals surface area contributed by atoms with E-state index in [0.29, 0.717) is 5.56 Å². The van der Waals surface area contributed by atoms with E-state index in [2.05, 4.69) is 19.9 Å². The average molecular weight is 363 g/mol. The Morgan fingerprint density at radius 1 is 1.08 bits per heavy atom. The molecule has 0 spiro atoms. The van der Waals surface area contributed by atoms with Gasteiger partial charge in [0.2, 0.25) is 11.8 Å². The number of aryl methyl sites for hydroxylation is 2. The number of rotatable bonds is 3. The molecule has 26 heavy (non-hydrogen) atoms. The first-order valence-electron chi connectivity index (χ1n) is 7.40. The third kappa shape index (κ3) is 3.71. The maximum absolute atomic E-state index is 12.4. The molecular formula is C17H12F3N3O3. The van der Waals surface area contributed by atoms with E-state index in [4.69, 9.17) is 4.42 Å². The Morgan fingerprint density at radius 2 is 1.73 bits per heavy atom. The van der Waals surface area contributed by atoms with E-state index in [1.54, 1.807) is 0 Å². The number of esters is 1. The van der Waals surface area contributed by atoms with Gasteiger partial charge in [-0.05, 0) is 38.1 Å². The lowest BCUT2D eigenvalue weighted by Crippen LogP contribution is -2.28. The highest BCUT2D eigenvalue weighted by Gasteiger charge is 2.42. The topological polar surface area (TPSA) is 78.1 Å². The summed E-state index contributed by atoms with van der Waals surface area (Å²) in [5, 5.41) is 7.73. The maximum atomic E-state index is 12.4. The Bertz CT molecular complexity index is 947. The summed E-state index contributed by atoms with van der Waals surface area (Å²) < 4.78 is 47.1. The largest absolute Gasteiger partial charge is 0.491 e. The van der Waals surface area contributed by atoms with Gasteiger partial charge >= 0.3 is 12.1 Å². The molecule has 1 aromatic carbocycles. The molecular weight excluding hydrogens is 351 g/mol. The molecule has 0 radical (unpaired) electrons. The smallest absolute Gasteiger partial charge is 0.416 e. The van der Waals surface area contributed by atoms with E-state index in [1.807, 2.05) is 32.0 Å². The van der Waals surface area contributed by atoms with Gasteiger partial charge in [-0.2, -0.15) is 13.2 Å². The molecule has 0 atom stereocenters. The zero-order chi connectivity index (χ0) is 18.9. The van der Waals surface area contributed by atoms with E-state index in [9.17, 15) is 18.0 Å². The Labute approximate surface area is 145 Å².